The predicted molar refractivity (Wildman–Crippen MR) is 119 cm³/mol. The van der Waals surface area contributed by atoms with Gasteiger partial charge in [0.05, 0.1) is 36.0 Å². The first-order valence-electron chi connectivity index (χ1n) is 10.7. The number of anilines is 2. The molecule has 0 radical (unpaired) electrons. The summed E-state index contributed by atoms with van der Waals surface area (Å²) < 4.78 is 21.9. The molecule has 1 aliphatic heterocycles. The van der Waals surface area contributed by atoms with Gasteiger partial charge in [-0.15, -0.1) is 0 Å². The molecule has 7 nitrogen and oxygen atoms in total. The van der Waals surface area contributed by atoms with Crippen molar-refractivity contribution in [2.75, 3.05) is 36.5 Å². The number of fused-ring (bicyclic) bond motifs is 1. The van der Waals surface area contributed by atoms with Crippen LogP contribution in [0.15, 0.2) is 30.5 Å². The number of hydrogen-bond donors (Lipinski definition) is 1. The van der Waals surface area contributed by atoms with E-state index in [0.29, 0.717) is 54.3 Å². The van der Waals surface area contributed by atoms with Gasteiger partial charge in [-0.2, -0.15) is 5.10 Å². The zero-order valence-electron chi connectivity index (χ0n) is 18.4. The fourth-order valence-electron chi connectivity index (χ4n) is 3.74. The maximum Gasteiger partial charge on any atom is 0.256 e. The molecule has 0 bridgehead atoms. The molecule has 1 aromatic carbocycles. The van der Waals surface area contributed by atoms with E-state index in [2.05, 4.69) is 10.4 Å². The van der Waals surface area contributed by atoms with E-state index < -0.39 is 0 Å². The molecule has 4 rings (SSSR count). The number of carbonyl (C=O) groups is 1. The highest BCUT2D eigenvalue weighted by Gasteiger charge is 2.20. The van der Waals surface area contributed by atoms with E-state index >= 15 is 0 Å². The van der Waals surface area contributed by atoms with Crippen LogP contribution in [0.5, 0.6) is 0 Å². The molecule has 0 unspecified atom stereocenters. The van der Waals surface area contributed by atoms with Crippen molar-refractivity contribution < 1.29 is 13.9 Å². The van der Waals surface area contributed by atoms with Crippen LogP contribution in [0.25, 0.3) is 11.0 Å². The third kappa shape index (κ3) is 4.25. The van der Waals surface area contributed by atoms with Gasteiger partial charge in [-0.05, 0) is 44.0 Å². The molecule has 0 atom stereocenters. The molecule has 1 fully saturated rings. The third-order valence-electron chi connectivity index (χ3n) is 5.47. The number of nitrogens with one attached hydrogen (secondary N) is 1. The number of rotatable bonds is 5. The average molecular weight is 426 g/mol. The normalized spacial score (nSPS) is 14.6. The number of benzene rings is 1. The summed E-state index contributed by atoms with van der Waals surface area (Å²) in [5, 5.41) is 7.94. The van der Waals surface area contributed by atoms with Gasteiger partial charge in [0.25, 0.3) is 5.91 Å². The van der Waals surface area contributed by atoms with Crippen molar-refractivity contribution in [1.82, 2.24) is 14.8 Å². The Balaban J connectivity index is 1.64. The minimum atomic E-state index is -0.366. The van der Waals surface area contributed by atoms with Crippen molar-refractivity contribution in [3.8, 4) is 0 Å². The highest BCUT2D eigenvalue weighted by molar-refractivity contribution is 6.12. The van der Waals surface area contributed by atoms with Gasteiger partial charge >= 0.3 is 0 Å². The number of pyridine rings is 1. The van der Waals surface area contributed by atoms with Crippen LogP contribution in [0.4, 0.5) is 15.8 Å². The molecule has 1 N–H and O–H groups in total. The lowest BCUT2D eigenvalue weighted by atomic mass is 10.0. The van der Waals surface area contributed by atoms with Gasteiger partial charge in [-0.25, -0.2) is 14.1 Å². The average Bonchev–Trinajstić information content (AvgIpc) is 3.18. The van der Waals surface area contributed by atoms with Crippen molar-refractivity contribution in [3.63, 3.8) is 0 Å². The molecule has 8 heteroatoms. The molecule has 1 amide bonds. The Bertz CT molecular complexity index is 1100. The number of carbonyl (C=O) groups excluding carboxylic acids is 1. The van der Waals surface area contributed by atoms with Gasteiger partial charge in [0.1, 0.15) is 5.82 Å². The monoisotopic (exact) mass is 425 g/mol. The largest absolute Gasteiger partial charge is 0.378 e. The Labute approximate surface area is 181 Å². The number of halogens is 1. The molecule has 0 spiro atoms. The van der Waals surface area contributed by atoms with Crippen LogP contribution >= 0.6 is 0 Å². The van der Waals surface area contributed by atoms with Crippen LogP contribution in [0.3, 0.4) is 0 Å². The van der Waals surface area contributed by atoms with Crippen molar-refractivity contribution in [3.05, 3.63) is 47.5 Å². The Morgan fingerprint density at radius 2 is 1.90 bits per heavy atom. The first-order chi connectivity index (χ1) is 14.8. The van der Waals surface area contributed by atoms with E-state index in [1.54, 1.807) is 24.4 Å². The van der Waals surface area contributed by atoms with Crippen molar-refractivity contribution in [1.29, 1.82) is 0 Å². The van der Waals surface area contributed by atoms with Crippen LogP contribution < -0.4 is 10.2 Å². The summed E-state index contributed by atoms with van der Waals surface area (Å²) in [6.45, 7) is 10.6. The van der Waals surface area contributed by atoms with Crippen molar-refractivity contribution in [2.45, 2.75) is 39.7 Å². The Hall–Kier alpha value is -3.00. The molecule has 3 heterocycles. The molecule has 1 saturated heterocycles. The summed E-state index contributed by atoms with van der Waals surface area (Å²) in [4.78, 5) is 19.8. The lowest BCUT2D eigenvalue weighted by Gasteiger charge is -2.29. The summed E-state index contributed by atoms with van der Waals surface area (Å²) in [6, 6.07) is 6.71. The molecule has 31 heavy (non-hydrogen) atoms. The van der Waals surface area contributed by atoms with E-state index in [1.807, 2.05) is 37.3 Å². The number of nitrogens with zero attached hydrogens (tertiary/aromatic N) is 4. The van der Waals surface area contributed by atoms with Gasteiger partial charge in [0, 0.05) is 30.5 Å². The van der Waals surface area contributed by atoms with E-state index in [9.17, 15) is 9.18 Å². The second-order valence-corrected chi connectivity index (χ2v) is 8.39. The topological polar surface area (TPSA) is 72.3 Å². The molecule has 164 valence electrons. The van der Waals surface area contributed by atoms with Crippen molar-refractivity contribution in [2.24, 2.45) is 0 Å². The second kappa shape index (κ2) is 8.63. The minimum absolute atomic E-state index is 0.116. The zero-order chi connectivity index (χ0) is 22.1. The van der Waals surface area contributed by atoms with Gasteiger partial charge in [-0.1, -0.05) is 13.8 Å². The third-order valence-corrected chi connectivity index (χ3v) is 5.47. The number of ether oxygens (including phenoxy) is 1. The summed E-state index contributed by atoms with van der Waals surface area (Å²) >= 11 is 0. The zero-order valence-corrected chi connectivity index (χ0v) is 18.4. The predicted octanol–water partition coefficient (Wildman–Crippen LogP) is 4.36. The fourth-order valence-corrected chi connectivity index (χ4v) is 3.74. The maximum atomic E-state index is 14.7. The number of hydrogen-bond acceptors (Lipinski definition) is 5. The Kier molecular flexibility index (Phi) is 5.91. The van der Waals surface area contributed by atoms with Crippen molar-refractivity contribution >= 4 is 28.3 Å². The molecule has 1 aliphatic rings. The molecule has 2 aromatic heterocycles. The summed E-state index contributed by atoms with van der Waals surface area (Å²) in [5.74, 6) is -0.525. The first kappa shape index (κ1) is 21.2. The second-order valence-electron chi connectivity index (χ2n) is 8.39. The molecular formula is C23H28FN5O2. The number of morpholine rings is 1. The SMILES string of the molecule is CC(C)c1cc(C(=O)Nc2ccc(N3CCOCC3)c(F)c2)c2cnn(C(C)C)c2n1. The standard InChI is InChI=1S/C23H28FN5O2/c1-14(2)20-12-17(18-13-25-29(15(3)4)22(18)27-20)23(30)26-16-5-6-21(19(24)11-16)28-7-9-31-10-8-28/h5-6,11-15H,7-10H2,1-4H3,(H,26,30). The Morgan fingerprint density at radius 1 is 1.16 bits per heavy atom. The summed E-state index contributed by atoms with van der Waals surface area (Å²) in [5.41, 5.74) is 2.91. The lowest BCUT2D eigenvalue weighted by molar-refractivity contribution is 0.102. The first-order valence-corrected chi connectivity index (χ1v) is 10.7. The number of aromatic nitrogens is 3. The molecule has 0 saturated carbocycles. The van der Waals surface area contributed by atoms with E-state index in [4.69, 9.17) is 9.72 Å². The minimum Gasteiger partial charge on any atom is -0.378 e. The van der Waals surface area contributed by atoms with Crippen LogP contribution in [0.1, 0.15) is 55.7 Å². The smallest absolute Gasteiger partial charge is 0.256 e. The van der Waals surface area contributed by atoms with E-state index in [-0.39, 0.29) is 23.7 Å². The molecular weight excluding hydrogens is 397 g/mol. The summed E-state index contributed by atoms with van der Waals surface area (Å²) in [7, 11) is 0. The molecule has 0 aliphatic carbocycles. The van der Waals surface area contributed by atoms with E-state index in [0.717, 1.165) is 5.69 Å². The number of amides is 1. The maximum absolute atomic E-state index is 14.7. The Morgan fingerprint density at radius 3 is 2.55 bits per heavy atom. The van der Waals surface area contributed by atoms with Crippen LogP contribution in [-0.2, 0) is 4.74 Å². The quantitative estimate of drug-likeness (QED) is 0.657. The summed E-state index contributed by atoms with van der Waals surface area (Å²) in [6.07, 6.45) is 1.67. The highest BCUT2D eigenvalue weighted by Crippen LogP contribution is 2.27. The van der Waals surface area contributed by atoms with Gasteiger partial charge < -0.3 is 15.0 Å². The van der Waals surface area contributed by atoms with Crippen LogP contribution in [0, 0.1) is 5.82 Å². The van der Waals surface area contributed by atoms with Gasteiger partial charge in [0.2, 0.25) is 0 Å². The van der Waals surface area contributed by atoms with Gasteiger partial charge in [0.15, 0.2) is 5.65 Å². The van der Waals surface area contributed by atoms with E-state index in [1.165, 1.54) is 6.07 Å². The fraction of sp³-hybridized carbons (Fsp3) is 0.435. The van der Waals surface area contributed by atoms with Crippen LogP contribution in [-0.4, -0.2) is 47.0 Å². The molecule has 3 aromatic rings. The lowest BCUT2D eigenvalue weighted by Crippen LogP contribution is -2.36. The van der Waals surface area contributed by atoms with Gasteiger partial charge in [-0.3, -0.25) is 4.79 Å². The van der Waals surface area contributed by atoms with Crippen LogP contribution in [0.2, 0.25) is 0 Å². The highest BCUT2D eigenvalue weighted by atomic mass is 19.1.